The van der Waals surface area contributed by atoms with E-state index < -0.39 is 0 Å². The fourth-order valence-electron chi connectivity index (χ4n) is 3.65. The van der Waals surface area contributed by atoms with Crippen molar-refractivity contribution in [2.24, 2.45) is 5.92 Å². The Morgan fingerprint density at radius 2 is 2.29 bits per heavy atom. The van der Waals surface area contributed by atoms with Crippen LogP contribution in [0.15, 0.2) is 4.52 Å². The van der Waals surface area contributed by atoms with Crippen LogP contribution >= 0.6 is 0 Å². The van der Waals surface area contributed by atoms with Gasteiger partial charge in [-0.15, -0.1) is 0 Å². The van der Waals surface area contributed by atoms with E-state index >= 15 is 0 Å². The number of nitrogens with one attached hydrogen (secondary N) is 1. The molecular weight excluding hydrogens is 310 g/mol. The molecule has 0 spiro atoms. The van der Waals surface area contributed by atoms with Crippen LogP contribution in [0.5, 0.6) is 0 Å². The molecule has 2 saturated heterocycles. The third-order valence-corrected chi connectivity index (χ3v) is 5.10. The zero-order chi connectivity index (χ0) is 17.1. The number of carbonyl (C=O) groups is 1. The Labute approximate surface area is 142 Å². The van der Waals surface area contributed by atoms with Gasteiger partial charge in [-0.3, -0.25) is 9.69 Å². The number of hydrogen-bond donors (Lipinski definition) is 1. The molecule has 0 unspecified atom stereocenters. The molecular formula is C17H27N3O4. The molecule has 3 heterocycles. The molecule has 0 radical (unpaired) electrons. The first-order chi connectivity index (χ1) is 11.6. The summed E-state index contributed by atoms with van der Waals surface area (Å²) in [7, 11) is 1.63. The van der Waals surface area contributed by atoms with Gasteiger partial charge in [0.2, 0.25) is 5.91 Å². The molecule has 0 bridgehead atoms. The lowest BCUT2D eigenvalue weighted by molar-refractivity contribution is -0.133. The quantitative estimate of drug-likeness (QED) is 0.782. The van der Waals surface area contributed by atoms with Gasteiger partial charge in [-0.1, -0.05) is 5.16 Å². The third-order valence-electron chi connectivity index (χ3n) is 5.10. The van der Waals surface area contributed by atoms with Gasteiger partial charge in [-0.2, -0.15) is 0 Å². The number of amides is 1. The Balaban J connectivity index is 1.52. The monoisotopic (exact) mass is 337 g/mol. The van der Waals surface area contributed by atoms with Crippen molar-refractivity contribution in [3.8, 4) is 0 Å². The largest absolute Gasteiger partial charge is 0.383 e. The summed E-state index contributed by atoms with van der Waals surface area (Å²) >= 11 is 0. The molecule has 7 heteroatoms. The number of methoxy groups -OCH3 is 1. The van der Waals surface area contributed by atoms with Crippen molar-refractivity contribution >= 4 is 5.91 Å². The molecule has 1 aromatic heterocycles. The molecule has 1 aromatic rings. The van der Waals surface area contributed by atoms with Crippen molar-refractivity contribution in [2.45, 2.75) is 45.4 Å². The summed E-state index contributed by atoms with van der Waals surface area (Å²) < 4.78 is 16.2. The molecule has 1 N–H and O–H groups in total. The molecule has 3 atom stereocenters. The number of piperidine rings is 1. The molecule has 7 nitrogen and oxygen atoms in total. The van der Waals surface area contributed by atoms with E-state index in [1.807, 2.05) is 13.8 Å². The van der Waals surface area contributed by atoms with E-state index in [2.05, 4.69) is 15.4 Å². The molecule has 1 amide bonds. The summed E-state index contributed by atoms with van der Waals surface area (Å²) in [4.78, 5) is 14.5. The highest BCUT2D eigenvalue weighted by atomic mass is 16.5. The summed E-state index contributed by atoms with van der Waals surface area (Å²) in [5.74, 6) is 1.35. The molecule has 134 valence electrons. The number of aryl methyl sites for hydroxylation is 2. The molecule has 3 rings (SSSR count). The van der Waals surface area contributed by atoms with Crippen molar-refractivity contribution in [3.63, 3.8) is 0 Å². The molecule has 24 heavy (non-hydrogen) atoms. The maximum Gasteiger partial charge on any atom is 0.249 e. The summed E-state index contributed by atoms with van der Waals surface area (Å²) in [6.07, 6.45) is 1.70. The molecule has 0 aliphatic carbocycles. The Morgan fingerprint density at radius 3 is 3.00 bits per heavy atom. The zero-order valence-corrected chi connectivity index (χ0v) is 14.7. The average molecular weight is 337 g/mol. The smallest absolute Gasteiger partial charge is 0.249 e. The second kappa shape index (κ2) is 7.63. The fraction of sp³-hybridized carbons (Fsp3) is 0.765. The first-order valence-corrected chi connectivity index (χ1v) is 8.64. The molecule has 0 aromatic carbocycles. The summed E-state index contributed by atoms with van der Waals surface area (Å²) in [6, 6.07) is 0. The molecule has 2 aliphatic heterocycles. The minimum absolute atomic E-state index is 0.0151. The van der Waals surface area contributed by atoms with Gasteiger partial charge in [0.1, 0.15) is 11.9 Å². The van der Waals surface area contributed by atoms with Crippen molar-refractivity contribution in [3.05, 3.63) is 17.0 Å². The number of aromatic nitrogens is 1. The van der Waals surface area contributed by atoms with Gasteiger partial charge in [0.25, 0.3) is 0 Å². The van der Waals surface area contributed by atoms with E-state index in [0.717, 1.165) is 43.9 Å². The van der Waals surface area contributed by atoms with Crippen molar-refractivity contribution in [1.29, 1.82) is 0 Å². The van der Waals surface area contributed by atoms with Gasteiger partial charge in [0, 0.05) is 32.3 Å². The molecule has 0 saturated carbocycles. The lowest BCUT2D eigenvalue weighted by atomic mass is 9.91. The van der Waals surface area contributed by atoms with Crippen molar-refractivity contribution < 1.29 is 18.8 Å². The Kier molecular flexibility index (Phi) is 5.53. The van der Waals surface area contributed by atoms with Gasteiger partial charge in [0.15, 0.2) is 0 Å². The summed E-state index contributed by atoms with van der Waals surface area (Å²) in [6.45, 7) is 7.69. The number of likely N-dealkylation sites (tertiary alicyclic amines) is 1. The van der Waals surface area contributed by atoms with E-state index in [1.165, 1.54) is 5.56 Å². The highest BCUT2D eigenvalue weighted by Crippen LogP contribution is 2.34. The van der Waals surface area contributed by atoms with Crippen LogP contribution in [0.3, 0.4) is 0 Å². The predicted molar refractivity (Wildman–Crippen MR) is 87.5 cm³/mol. The SMILES string of the molecule is COCCNC(=O)[C@H]1C[C@@H]2CCN(Cc3c(C)noc3C)C[C@@H]2O1. The Bertz CT molecular complexity index is 555. The maximum absolute atomic E-state index is 12.2. The lowest BCUT2D eigenvalue weighted by Gasteiger charge is -2.33. The van der Waals surface area contributed by atoms with Crippen LogP contribution in [-0.2, 0) is 20.8 Å². The third kappa shape index (κ3) is 3.79. The first-order valence-electron chi connectivity index (χ1n) is 8.64. The number of nitrogens with zero attached hydrogens (tertiary/aromatic N) is 2. The van der Waals surface area contributed by atoms with E-state index in [9.17, 15) is 4.79 Å². The van der Waals surface area contributed by atoms with Crippen LogP contribution in [-0.4, -0.2) is 61.5 Å². The van der Waals surface area contributed by atoms with Gasteiger partial charge >= 0.3 is 0 Å². The predicted octanol–water partition coefficient (Wildman–Crippen LogP) is 1.03. The number of carbonyl (C=O) groups excluding carboxylic acids is 1. The summed E-state index contributed by atoms with van der Waals surface area (Å²) in [5, 5.41) is 6.90. The van der Waals surface area contributed by atoms with E-state index in [4.69, 9.17) is 14.0 Å². The van der Waals surface area contributed by atoms with Crippen molar-refractivity contribution in [1.82, 2.24) is 15.4 Å². The van der Waals surface area contributed by atoms with E-state index in [-0.39, 0.29) is 18.1 Å². The van der Waals surface area contributed by atoms with Gasteiger partial charge < -0.3 is 19.3 Å². The Morgan fingerprint density at radius 1 is 1.46 bits per heavy atom. The second-order valence-corrected chi connectivity index (χ2v) is 6.77. The fourth-order valence-corrected chi connectivity index (χ4v) is 3.65. The average Bonchev–Trinajstić information content (AvgIpc) is 3.13. The van der Waals surface area contributed by atoms with Crippen LogP contribution in [0.1, 0.15) is 29.9 Å². The molecule has 2 fully saturated rings. The number of rotatable bonds is 6. The topological polar surface area (TPSA) is 76.8 Å². The van der Waals surface area contributed by atoms with Crippen LogP contribution < -0.4 is 5.32 Å². The number of hydrogen-bond acceptors (Lipinski definition) is 6. The molecule has 2 aliphatic rings. The minimum atomic E-state index is -0.323. The highest BCUT2D eigenvalue weighted by molar-refractivity contribution is 5.81. The first kappa shape index (κ1) is 17.4. The van der Waals surface area contributed by atoms with Crippen LogP contribution in [0, 0.1) is 19.8 Å². The standard InChI is InChI=1S/C17H27N3O4/c1-11-14(12(2)24-19-11)9-20-6-4-13-8-15(23-16(13)10-20)17(21)18-5-7-22-3/h13,15-16H,4-10H2,1-3H3,(H,18,21)/t13-,15+,16-/m0/s1. The van der Waals surface area contributed by atoms with Crippen LogP contribution in [0.4, 0.5) is 0 Å². The highest BCUT2D eigenvalue weighted by Gasteiger charge is 2.41. The van der Waals surface area contributed by atoms with Gasteiger partial charge in [-0.25, -0.2) is 0 Å². The second-order valence-electron chi connectivity index (χ2n) is 6.77. The number of ether oxygens (including phenoxy) is 2. The minimum Gasteiger partial charge on any atom is -0.383 e. The number of fused-ring (bicyclic) bond motifs is 1. The van der Waals surface area contributed by atoms with Gasteiger partial charge in [0.05, 0.1) is 18.4 Å². The normalized spacial score (nSPS) is 27.2. The van der Waals surface area contributed by atoms with Crippen molar-refractivity contribution in [2.75, 3.05) is 33.4 Å². The Hall–Kier alpha value is -1.44. The van der Waals surface area contributed by atoms with Gasteiger partial charge in [-0.05, 0) is 39.2 Å². The summed E-state index contributed by atoms with van der Waals surface area (Å²) in [5.41, 5.74) is 2.12. The zero-order valence-electron chi connectivity index (χ0n) is 14.7. The van der Waals surface area contributed by atoms with Crippen LogP contribution in [0.25, 0.3) is 0 Å². The van der Waals surface area contributed by atoms with E-state index in [0.29, 0.717) is 19.1 Å². The lowest BCUT2D eigenvalue weighted by Crippen LogP contribution is -2.42. The van der Waals surface area contributed by atoms with Crippen LogP contribution in [0.2, 0.25) is 0 Å². The maximum atomic E-state index is 12.2. The van der Waals surface area contributed by atoms with E-state index in [1.54, 1.807) is 7.11 Å².